The molecule has 90 valence electrons. The molecule has 0 saturated heterocycles. The Bertz CT molecular complexity index is 475. The molecule has 1 unspecified atom stereocenters. The minimum Gasteiger partial charge on any atom is -0.494 e. The van der Waals surface area contributed by atoms with Crippen molar-refractivity contribution in [3.63, 3.8) is 0 Å². The second kappa shape index (κ2) is 4.98. The van der Waals surface area contributed by atoms with Crippen LogP contribution in [-0.4, -0.2) is 28.4 Å². The number of methoxy groups -OCH3 is 1. The lowest BCUT2D eigenvalue weighted by Crippen LogP contribution is -2.35. The molecule has 0 aliphatic rings. The number of ether oxygens (including phenoxy) is 1. The van der Waals surface area contributed by atoms with Gasteiger partial charge in [-0.15, -0.1) is 0 Å². The van der Waals surface area contributed by atoms with Crippen molar-refractivity contribution < 1.29 is 9.84 Å². The van der Waals surface area contributed by atoms with Gasteiger partial charge in [0.2, 0.25) is 5.88 Å². The molecule has 1 heterocycles. The maximum Gasteiger partial charge on any atom is 0.331 e. The van der Waals surface area contributed by atoms with Crippen LogP contribution in [0.1, 0.15) is 24.9 Å². The summed E-state index contributed by atoms with van der Waals surface area (Å²) in [4.78, 5) is 25.0. The Hall–Kier alpha value is -1.56. The SMILES string of the molecule is CCC(COC)n1c(O)c(C)c(=O)[nH]c1=O. The lowest BCUT2D eigenvalue weighted by Gasteiger charge is -2.18. The van der Waals surface area contributed by atoms with E-state index in [4.69, 9.17) is 4.74 Å². The molecule has 0 saturated carbocycles. The van der Waals surface area contributed by atoms with Gasteiger partial charge in [-0.1, -0.05) is 6.92 Å². The summed E-state index contributed by atoms with van der Waals surface area (Å²) in [6, 6.07) is -0.284. The van der Waals surface area contributed by atoms with Crippen LogP contribution in [0.2, 0.25) is 0 Å². The monoisotopic (exact) mass is 228 g/mol. The van der Waals surface area contributed by atoms with Crippen molar-refractivity contribution in [2.75, 3.05) is 13.7 Å². The molecular formula is C10H16N2O4. The van der Waals surface area contributed by atoms with Crippen LogP contribution < -0.4 is 11.2 Å². The predicted molar refractivity (Wildman–Crippen MR) is 58.9 cm³/mol. The van der Waals surface area contributed by atoms with Crippen molar-refractivity contribution in [1.82, 2.24) is 9.55 Å². The minimum atomic E-state index is -0.614. The molecule has 0 aromatic carbocycles. The topological polar surface area (TPSA) is 84.3 Å². The van der Waals surface area contributed by atoms with Gasteiger partial charge >= 0.3 is 5.69 Å². The first-order chi connectivity index (χ1) is 7.52. The molecule has 0 spiro atoms. The quantitative estimate of drug-likeness (QED) is 0.768. The van der Waals surface area contributed by atoms with Gasteiger partial charge in [-0.25, -0.2) is 4.79 Å². The van der Waals surface area contributed by atoms with E-state index in [2.05, 4.69) is 4.98 Å². The van der Waals surface area contributed by atoms with Gasteiger partial charge in [0.15, 0.2) is 0 Å². The number of H-pyrrole nitrogens is 1. The summed E-state index contributed by atoms with van der Waals surface area (Å²) in [5, 5.41) is 9.77. The normalized spacial score (nSPS) is 12.7. The number of nitrogens with one attached hydrogen (secondary N) is 1. The second-order valence-electron chi connectivity index (χ2n) is 3.60. The van der Waals surface area contributed by atoms with Gasteiger partial charge in [0.05, 0.1) is 18.2 Å². The van der Waals surface area contributed by atoms with E-state index in [1.54, 1.807) is 0 Å². The Morgan fingerprint density at radius 2 is 2.12 bits per heavy atom. The maximum absolute atomic E-state index is 11.6. The van der Waals surface area contributed by atoms with Gasteiger partial charge in [0, 0.05) is 7.11 Å². The van der Waals surface area contributed by atoms with E-state index < -0.39 is 11.2 Å². The fraction of sp³-hybridized carbons (Fsp3) is 0.600. The van der Waals surface area contributed by atoms with Crippen LogP contribution in [-0.2, 0) is 4.74 Å². The van der Waals surface area contributed by atoms with Crippen molar-refractivity contribution in [3.8, 4) is 5.88 Å². The molecule has 6 nitrogen and oxygen atoms in total. The van der Waals surface area contributed by atoms with E-state index in [1.807, 2.05) is 6.92 Å². The minimum absolute atomic E-state index is 0.133. The fourth-order valence-electron chi connectivity index (χ4n) is 1.54. The third-order valence-electron chi connectivity index (χ3n) is 2.54. The Labute approximate surface area is 92.5 Å². The molecule has 1 aromatic heterocycles. The first kappa shape index (κ1) is 12.5. The Morgan fingerprint density at radius 3 is 2.62 bits per heavy atom. The lowest BCUT2D eigenvalue weighted by molar-refractivity contribution is 0.145. The van der Waals surface area contributed by atoms with Crippen LogP contribution in [0.3, 0.4) is 0 Å². The van der Waals surface area contributed by atoms with E-state index >= 15 is 0 Å². The van der Waals surface area contributed by atoms with Crippen molar-refractivity contribution in [2.24, 2.45) is 0 Å². The maximum atomic E-state index is 11.6. The zero-order chi connectivity index (χ0) is 12.3. The Kier molecular flexibility index (Phi) is 3.89. The molecule has 1 atom stereocenters. The van der Waals surface area contributed by atoms with Crippen LogP contribution in [0.15, 0.2) is 9.59 Å². The Morgan fingerprint density at radius 1 is 1.50 bits per heavy atom. The molecular weight excluding hydrogens is 212 g/mol. The van der Waals surface area contributed by atoms with E-state index in [0.29, 0.717) is 13.0 Å². The first-order valence-corrected chi connectivity index (χ1v) is 5.06. The average molecular weight is 228 g/mol. The van der Waals surface area contributed by atoms with Gasteiger partial charge in [-0.05, 0) is 13.3 Å². The van der Waals surface area contributed by atoms with Crippen LogP contribution in [0.25, 0.3) is 0 Å². The summed E-state index contributed by atoms with van der Waals surface area (Å²) >= 11 is 0. The van der Waals surface area contributed by atoms with Crippen molar-refractivity contribution in [1.29, 1.82) is 0 Å². The molecule has 6 heteroatoms. The highest BCUT2D eigenvalue weighted by molar-refractivity contribution is 5.21. The molecule has 2 N–H and O–H groups in total. The lowest BCUT2D eigenvalue weighted by atomic mass is 10.2. The average Bonchev–Trinajstić information content (AvgIpc) is 2.25. The second-order valence-corrected chi connectivity index (χ2v) is 3.60. The van der Waals surface area contributed by atoms with E-state index in [1.165, 1.54) is 14.0 Å². The molecule has 1 aromatic rings. The third-order valence-corrected chi connectivity index (χ3v) is 2.54. The molecule has 16 heavy (non-hydrogen) atoms. The Balaban J connectivity index is 3.38. The van der Waals surface area contributed by atoms with Crippen molar-refractivity contribution in [2.45, 2.75) is 26.3 Å². The fourth-order valence-corrected chi connectivity index (χ4v) is 1.54. The highest BCUT2D eigenvalue weighted by Gasteiger charge is 2.17. The summed E-state index contributed by atoms with van der Waals surface area (Å²) in [7, 11) is 1.52. The number of aromatic amines is 1. The first-order valence-electron chi connectivity index (χ1n) is 5.06. The summed E-state index contributed by atoms with van der Waals surface area (Å²) < 4.78 is 6.12. The van der Waals surface area contributed by atoms with Gasteiger partial charge in [-0.3, -0.25) is 14.3 Å². The van der Waals surface area contributed by atoms with Crippen LogP contribution in [0.5, 0.6) is 5.88 Å². The predicted octanol–water partition coefficient (Wildman–Crippen LogP) is 0.148. The number of hydrogen-bond acceptors (Lipinski definition) is 4. The summed E-state index contributed by atoms with van der Waals surface area (Å²) in [6.45, 7) is 3.63. The van der Waals surface area contributed by atoms with Crippen molar-refractivity contribution in [3.05, 3.63) is 26.4 Å². The largest absolute Gasteiger partial charge is 0.494 e. The van der Waals surface area contributed by atoms with Crippen molar-refractivity contribution >= 4 is 0 Å². The van der Waals surface area contributed by atoms with Gasteiger partial charge in [0.1, 0.15) is 0 Å². The van der Waals surface area contributed by atoms with Gasteiger partial charge in [0.25, 0.3) is 5.56 Å². The molecule has 1 rings (SSSR count). The van der Waals surface area contributed by atoms with E-state index in [-0.39, 0.29) is 17.5 Å². The molecule has 0 radical (unpaired) electrons. The molecule has 0 amide bonds. The number of nitrogens with zero attached hydrogens (tertiary/aromatic N) is 1. The highest BCUT2D eigenvalue weighted by Crippen LogP contribution is 2.17. The van der Waals surface area contributed by atoms with Crippen LogP contribution in [0, 0.1) is 6.92 Å². The summed E-state index contributed by atoms with van der Waals surface area (Å²) in [5.41, 5.74) is -1.04. The number of hydrogen-bond donors (Lipinski definition) is 2. The molecule has 0 aliphatic heterocycles. The third kappa shape index (κ3) is 2.16. The standard InChI is InChI=1S/C10H16N2O4/c1-4-7(5-16-3)12-9(14)6(2)8(13)11-10(12)15/h7,14H,4-5H2,1-3H3,(H,11,13,15). The van der Waals surface area contributed by atoms with E-state index in [9.17, 15) is 14.7 Å². The zero-order valence-corrected chi connectivity index (χ0v) is 9.61. The number of aromatic hydroxyl groups is 1. The highest BCUT2D eigenvalue weighted by atomic mass is 16.5. The number of rotatable bonds is 4. The molecule has 0 fully saturated rings. The van der Waals surface area contributed by atoms with Gasteiger partial charge in [-0.2, -0.15) is 0 Å². The van der Waals surface area contributed by atoms with Crippen LogP contribution in [0.4, 0.5) is 0 Å². The van der Waals surface area contributed by atoms with Gasteiger partial charge < -0.3 is 9.84 Å². The zero-order valence-electron chi connectivity index (χ0n) is 9.61. The summed E-state index contributed by atoms with van der Waals surface area (Å²) in [5.74, 6) is -0.294. The molecule has 0 bridgehead atoms. The number of aromatic nitrogens is 2. The summed E-state index contributed by atoms with van der Waals surface area (Å²) in [6.07, 6.45) is 0.618. The smallest absolute Gasteiger partial charge is 0.331 e. The van der Waals surface area contributed by atoms with Crippen LogP contribution >= 0.6 is 0 Å². The van der Waals surface area contributed by atoms with E-state index in [0.717, 1.165) is 4.57 Å². The molecule has 0 aliphatic carbocycles.